The Labute approximate surface area is 113 Å². The van der Waals surface area contributed by atoms with E-state index in [4.69, 9.17) is 5.73 Å². The van der Waals surface area contributed by atoms with Crippen molar-refractivity contribution in [1.82, 2.24) is 0 Å². The van der Waals surface area contributed by atoms with Crippen LogP contribution in [-0.4, -0.2) is 12.5 Å². The van der Waals surface area contributed by atoms with Crippen molar-refractivity contribution in [3.05, 3.63) is 29.6 Å². The number of rotatable bonds is 3. The second-order valence-electron chi connectivity index (χ2n) is 5.40. The minimum absolute atomic E-state index is 0.00386. The summed E-state index contributed by atoms with van der Waals surface area (Å²) in [7, 11) is 0. The lowest BCUT2D eigenvalue weighted by Crippen LogP contribution is -2.29. The summed E-state index contributed by atoms with van der Waals surface area (Å²) in [4.78, 5) is 12.2. The number of nitrogens with one attached hydrogen (secondary N) is 1. The van der Waals surface area contributed by atoms with Gasteiger partial charge in [-0.05, 0) is 62.8 Å². The number of carbonyl (C=O) groups is 1. The molecule has 0 aliphatic heterocycles. The molecule has 0 saturated heterocycles. The number of hydrogen-bond acceptors (Lipinski definition) is 2. The summed E-state index contributed by atoms with van der Waals surface area (Å²) in [5.74, 6) is 0.266. The zero-order valence-corrected chi connectivity index (χ0v) is 11.3. The topological polar surface area (TPSA) is 55.1 Å². The van der Waals surface area contributed by atoms with Crippen LogP contribution < -0.4 is 11.1 Å². The van der Waals surface area contributed by atoms with Crippen molar-refractivity contribution in [1.29, 1.82) is 0 Å². The Balaban J connectivity index is 1.96. The molecule has 0 spiro atoms. The van der Waals surface area contributed by atoms with Gasteiger partial charge in [0.15, 0.2) is 0 Å². The number of amides is 1. The Morgan fingerprint density at radius 2 is 2.05 bits per heavy atom. The standard InChI is InChI=1S/C15H21FN2O/c1-10-2-7-13(16)8-14(10)18-15(19)12-5-3-11(9-17)4-6-12/h2,7-8,11-12H,3-6,9,17H2,1H3,(H,18,19). The largest absolute Gasteiger partial charge is 0.330 e. The molecule has 3 nitrogen and oxygen atoms in total. The zero-order chi connectivity index (χ0) is 13.8. The monoisotopic (exact) mass is 264 g/mol. The molecule has 0 unspecified atom stereocenters. The van der Waals surface area contributed by atoms with E-state index in [0.717, 1.165) is 31.2 Å². The van der Waals surface area contributed by atoms with Crippen molar-refractivity contribution in [2.24, 2.45) is 17.6 Å². The molecule has 4 heteroatoms. The van der Waals surface area contributed by atoms with Gasteiger partial charge in [-0.15, -0.1) is 0 Å². The molecule has 0 aromatic heterocycles. The molecule has 2 rings (SSSR count). The van der Waals surface area contributed by atoms with Crippen LogP contribution in [0.5, 0.6) is 0 Å². The fourth-order valence-corrected chi connectivity index (χ4v) is 2.62. The van der Waals surface area contributed by atoms with Gasteiger partial charge in [0.05, 0.1) is 0 Å². The first-order chi connectivity index (χ1) is 9.10. The predicted molar refractivity (Wildman–Crippen MR) is 74.3 cm³/mol. The third kappa shape index (κ3) is 3.53. The molecule has 1 amide bonds. The molecule has 1 aromatic rings. The number of carbonyl (C=O) groups excluding carboxylic acids is 1. The predicted octanol–water partition coefficient (Wildman–Crippen LogP) is 2.84. The molecule has 0 radical (unpaired) electrons. The highest BCUT2D eigenvalue weighted by atomic mass is 19.1. The van der Waals surface area contributed by atoms with E-state index in [2.05, 4.69) is 5.32 Å². The summed E-state index contributed by atoms with van der Waals surface area (Å²) in [6.45, 7) is 2.57. The normalized spacial score (nSPS) is 23.1. The van der Waals surface area contributed by atoms with Gasteiger partial charge in [-0.25, -0.2) is 4.39 Å². The number of benzene rings is 1. The second-order valence-corrected chi connectivity index (χ2v) is 5.40. The van der Waals surface area contributed by atoms with Gasteiger partial charge in [-0.1, -0.05) is 6.07 Å². The SMILES string of the molecule is Cc1ccc(F)cc1NC(=O)C1CCC(CN)CC1. The lowest BCUT2D eigenvalue weighted by Gasteiger charge is -2.27. The highest BCUT2D eigenvalue weighted by molar-refractivity contribution is 5.93. The molecule has 19 heavy (non-hydrogen) atoms. The van der Waals surface area contributed by atoms with Gasteiger partial charge < -0.3 is 11.1 Å². The molecule has 1 aromatic carbocycles. The Kier molecular flexibility index (Phi) is 4.53. The number of nitrogens with two attached hydrogens (primary N) is 1. The summed E-state index contributed by atoms with van der Waals surface area (Å²) in [6.07, 6.45) is 3.78. The first-order valence-electron chi connectivity index (χ1n) is 6.87. The van der Waals surface area contributed by atoms with Crippen LogP contribution in [0.4, 0.5) is 10.1 Å². The molecular weight excluding hydrogens is 243 g/mol. The first-order valence-corrected chi connectivity index (χ1v) is 6.87. The summed E-state index contributed by atoms with van der Waals surface area (Å²) in [5, 5.41) is 2.84. The lowest BCUT2D eigenvalue weighted by atomic mass is 9.81. The number of hydrogen-bond donors (Lipinski definition) is 2. The van der Waals surface area contributed by atoms with E-state index in [0.29, 0.717) is 18.2 Å². The molecule has 3 N–H and O–H groups in total. The van der Waals surface area contributed by atoms with E-state index >= 15 is 0 Å². The number of halogens is 1. The van der Waals surface area contributed by atoms with Gasteiger partial charge in [0.1, 0.15) is 5.82 Å². The van der Waals surface area contributed by atoms with Crippen LogP contribution in [0.25, 0.3) is 0 Å². The smallest absolute Gasteiger partial charge is 0.227 e. The van der Waals surface area contributed by atoms with Crippen LogP contribution in [0.2, 0.25) is 0 Å². The van der Waals surface area contributed by atoms with E-state index < -0.39 is 0 Å². The Morgan fingerprint density at radius 1 is 1.37 bits per heavy atom. The van der Waals surface area contributed by atoms with Gasteiger partial charge in [-0.3, -0.25) is 4.79 Å². The van der Waals surface area contributed by atoms with E-state index in [1.54, 1.807) is 6.07 Å². The Morgan fingerprint density at radius 3 is 2.68 bits per heavy atom. The third-order valence-corrected chi connectivity index (χ3v) is 4.01. The van der Waals surface area contributed by atoms with Crippen molar-refractivity contribution in [2.45, 2.75) is 32.6 Å². The third-order valence-electron chi connectivity index (χ3n) is 4.01. The molecule has 0 heterocycles. The molecule has 104 valence electrons. The molecule has 1 aliphatic carbocycles. The maximum atomic E-state index is 13.2. The van der Waals surface area contributed by atoms with Gasteiger partial charge in [0.2, 0.25) is 5.91 Å². The van der Waals surface area contributed by atoms with Crippen molar-refractivity contribution < 1.29 is 9.18 Å². The van der Waals surface area contributed by atoms with E-state index in [1.165, 1.54) is 12.1 Å². The Bertz CT molecular complexity index is 453. The van der Waals surface area contributed by atoms with Crippen LogP contribution in [-0.2, 0) is 4.79 Å². The summed E-state index contributed by atoms with van der Waals surface area (Å²) in [5.41, 5.74) is 7.10. The van der Waals surface area contributed by atoms with Crippen LogP contribution >= 0.6 is 0 Å². The van der Waals surface area contributed by atoms with Crippen LogP contribution in [0.15, 0.2) is 18.2 Å². The van der Waals surface area contributed by atoms with Gasteiger partial charge in [0, 0.05) is 11.6 Å². The molecule has 0 atom stereocenters. The highest BCUT2D eigenvalue weighted by Gasteiger charge is 2.25. The van der Waals surface area contributed by atoms with Gasteiger partial charge >= 0.3 is 0 Å². The fourth-order valence-electron chi connectivity index (χ4n) is 2.62. The van der Waals surface area contributed by atoms with Crippen molar-refractivity contribution in [2.75, 3.05) is 11.9 Å². The van der Waals surface area contributed by atoms with Gasteiger partial charge in [-0.2, -0.15) is 0 Å². The van der Waals surface area contributed by atoms with Gasteiger partial charge in [0.25, 0.3) is 0 Å². The molecule has 0 bridgehead atoms. The van der Waals surface area contributed by atoms with Crippen molar-refractivity contribution >= 4 is 11.6 Å². The van der Waals surface area contributed by atoms with Crippen LogP contribution in [0.3, 0.4) is 0 Å². The first kappa shape index (κ1) is 14.0. The van der Waals surface area contributed by atoms with Crippen LogP contribution in [0, 0.1) is 24.6 Å². The van der Waals surface area contributed by atoms with E-state index in [-0.39, 0.29) is 17.6 Å². The van der Waals surface area contributed by atoms with Crippen LogP contribution in [0.1, 0.15) is 31.2 Å². The second kappa shape index (κ2) is 6.15. The quantitative estimate of drug-likeness (QED) is 0.882. The molecular formula is C15H21FN2O. The van der Waals surface area contributed by atoms with E-state index in [1.807, 2.05) is 6.92 Å². The summed E-state index contributed by atoms with van der Waals surface area (Å²) < 4.78 is 13.2. The average molecular weight is 264 g/mol. The zero-order valence-electron chi connectivity index (χ0n) is 11.3. The molecule has 1 aliphatic rings. The lowest BCUT2D eigenvalue weighted by molar-refractivity contribution is -0.121. The maximum absolute atomic E-state index is 13.2. The number of aryl methyl sites for hydroxylation is 1. The number of anilines is 1. The summed E-state index contributed by atoms with van der Waals surface area (Å²) in [6, 6.07) is 4.45. The van der Waals surface area contributed by atoms with Crippen molar-refractivity contribution in [3.8, 4) is 0 Å². The summed E-state index contributed by atoms with van der Waals surface area (Å²) >= 11 is 0. The molecule has 1 fully saturated rings. The van der Waals surface area contributed by atoms with E-state index in [9.17, 15) is 9.18 Å². The maximum Gasteiger partial charge on any atom is 0.227 e. The molecule has 1 saturated carbocycles. The highest BCUT2D eigenvalue weighted by Crippen LogP contribution is 2.29. The van der Waals surface area contributed by atoms with Crippen molar-refractivity contribution in [3.63, 3.8) is 0 Å². The fraction of sp³-hybridized carbons (Fsp3) is 0.533. The minimum atomic E-state index is -0.326. The minimum Gasteiger partial charge on any atom is -0.330 e. The Hall–Kier alpha value is -1.42. The average Bonchev–Trinajstić information content (AvgIpc) is 2.43.